The van der Waals surface area contributed by atoms with Crippen molar-refractivity contribution < 1.29 is 17.7 Å². The van der Waals surface area contributed by atoms with Crippen LogP contribution in [0.25, 0.3) is 0 Å². The van der Waals surface area contributed by atoms with Gasteiger partial charge >= 0.3 is 0 Å². The molecule has 27 heavy (non-hydrogen) atoms. The Bertz CT molecular complexity index is 1110. The van der Waals surface area contributed by atoms with Crippen LogP contribution >= 0.6 is 11.6 Å². The number of carbonyl (C=O) groups excluding carboxylic acids is 1. The number of aromatic nitrogens is 1. The Labute approximate surface area is 161 Å². The fraction of sp³-hybridized carbons (Fsp3) is 0.111. The first-order valence-electron chi connectivity index (χ1n) is 7.88. The van der Waals surface area contributed by atoms with E-state index in [2.05, 4.69) is 15.2 Å². The molecule has 1 aromatic heterocycles. The van der Waals surface area contributed by atoms with Crippen LogP contribution in [0.5, 0.6) is 0 Å². The van der Waals surface area contributed by atoms with Crippen LogP contribution in [0.15, 0.2) is 57.9 Å². The molecule has 140 valence electrons. The van der Waals surface area contributed by atoms with E-state index in [1.807, 2.05) is 0 Å². The number of halogens is 1. The summed E-state index contributed by atoms with van der Waals surface area (Å²) in [5, 5.41) is 6.66. The average Bonchev–Trinajstić information content (AvgIpc) is 3.02. The number of nitrogens with one attached hydrogen (secondary N) is 2. The minimum atomic E-state index is -3.87. The Balaban J connectivity index is 1.87. The molecule has 0 bridgehead atoms. The number of amides is 1. The first-order valence-corrected chi connectivity index (χ1v) is 9.74. The van der Waals surface area contributed by atoms with Gasteiger partial charge in [-0.05, 0) is 49.7 Å². The monoisotopic (exact) mass is 405 g/mol. The Hall–Kier alpha value is -2.84. The largest absolute Gasteiger partial charge is 0.361 e. The number of benzene rings is 2. The van der Waals surface area contributed by atoms with Gasteiger partial charge in [0.1, 0.15) is 5.76 Å². The molecule has 0 fully saturated rings. The normalized spacial score (nSPS) is 11.2. The third-order valence-corrected chi connectivity index (χ3v) is 5.43. The topological polar surface area (TPSA) is 101 Å². The summed E-state index contributed by atoms with van der Waals surface area (Å²) in [6.07, 6.45) is 0. The number of anilines is 2. The molecule has 3 aromatic rings. The summed E-state index contributed by atoms with van der Waals surface area (Å²) in [4.78, 5) is 12.2. The van der Waals surface area contributed by atoms with Crippen LogP contribution in [0.4, 0.5) is 11.4 Å². The Morgan fingerprint density at radius 3 is 2.52 bits per heavy atom. The number of nitrogens with zero attached hydrogens (tertiary/aromatic N) is 1. The number of hydrogen-bond donors (Lipinski definition) is 2. The average molecular weight is 406 g/mol. The third kappa shape index (κ3) is 4.47. The molecule has 0 aliphatic carbocycles. The van der Waals surface area contributed by atoms with Crippen molar-refractivity contribution in [1.82, 2.24) is 5.16 Å². The second-order valence-electron chi connectivity index (χ2n) is 5.87. The van der Waals surface area contributed by atoms with Crippen molar-refractivity contribution in [3.05, 3.63) is 70.6 Å². The molecular formula is C18H16ClN3O4S. The molecule has 1 heterocycles. The molecule has 0 aliphatic heterocycles. The van der Waals surface area contributed by atoms with Gasteiger partial charge in [-0.2, -0.15) is 0 Å². The van der Waals surface area contributed by atoms with Gasteiger partial charge < -0.3 is 9.84 Å². The molecule has 9 heteroatoms. The van der Waals surface area contributed by atoms with Crippen LogP contribution in [-0.4, -0.2) is 19.5 Å². The molecule has 1 amide bonds. The van der Waals surface area contributed by atoms with Crippen LogP contribution in [0, 0.1) is 13.8 Å². The lowest BCUT2D eigenvalue weighted by atomic mass is 10.2. The summed E-state index contributed by atoms with van der Waals surface area (Å²) in [6.45, 7) is 3.33. The van der Waals surface area contributed by atoms with E-state index < -0.39 is 15.9 Å². The highest BCUT2D eigenvalue weighted by Gasteiger charge is 2.19. The third-order valence-electron chi connectivity index (χ3n) is 3.67. The number of carbonyl (C=O) groups is 1. The van der Waals surface area contributed by atoms with Crippen molar-refractivity contribution >= 4 is 38.9 Å². The molecule has 0 saturated carbocycles. The standard InChI is InChI=1S/C18H16ClN3O4S/c1-11-6-7-14(20-18(23)16-8-12(2)26-21-16)10-17(11)27(24,25)22-15-5-3-4-13(19)9-15/h3-10,22H,1-2H3,(H,20,23). The maximum atomic E-state index is 12.8. The van der Waals surface area contributed by atoms with Gasteiger partial charge in [0.2, 0.25) is 0 Å². The first-order chi connectivity index (χ1) is 12.7. The smallest absolute Gasteiger partial charge is 0.277 e. The zero-order valence-electron chi connectivity index (χ0n) is 14.5. The molecule has 0 saturated heterocycles. The Morgan fingerprint density at radius 2 is 1.85 bits per heavy atom. The lowest BCUT2D eigenvalue weighted by Crippen LogP contribution is -2.16. The molecule has 0 atom stereocenters. The zero-order valence-corrected chi connectivity index (χ0v) is 16.1. The van der Waals surface area contributed by atoms with E-state index in [-0.39, 0.29) is 10.6 Å². The van der Waals surface area contributed by atoms with E-state index in [0.29, 0.717) is 27.7 Å². The molecule has 2 N–H and O–H groups in total. The van der Waals surface area contributed by atoms with Gasteiger partial charge in [0, 0.05) is 16.8 Å². The van der Waals surface area contributed by atoms with E-state index in [9.17, 15) is 13.2 Å². The molecular weight excluding hydrogens is 390 g/mol. The van der Waals surface area contributed by atoms with E-state index in [1.165, 1.54) is 18.2 Å². The minimum absolute atomic E-state index is 0.0385. The second kappa shape index (κ2) is 7.42. The first kappa shape index (κ1) is 18.9. The van der Waals surface area contributed by atoms with Gasteiger partial charge in [-0.1, -0.05) is 28.9 Å². The molecule has 0 unspecified atom stereocenters. The van der Waals surface area contributed by atoms with Crippen molar-refractivity contribution in [3.8, 4) is 0 Å². The SMILES string of the molecule is Cc1cc(C(=O)Nc2ccc(C)c(S(=O)(=O)Nc3cccc(Cl)c3)c2)no1. The fourth-order valence-electron chi connectivity index (χ4n) is 2.40. The van der Waals surface area contributed by atoms with Gasteiger partial charge in [0.25, 0.3) is 15.9 Å². The Morgan fingerprint density at radius 1 is 1.07 bits per heavy atom. The summed E-state index contributed by atoms with van der Waals surface area (Å²) in [7, 11) is -3.87. The van der Waals surface area contributed by atoms with Gasteiger partial charge in [-0.3, -0.25) is 9.52 Å². The quantitative estimate of drug-likeness (QED) is 0.668. The fourth-order valence-corrected chi connectivity index (χ4v) is 3.91. The number of rotatable bonds is 5. The van der Waals surface area contributed by atoms with Gasteiger partial charge in [0.15, 0.2) is 5.69 Å². The zero-order chi connectivity index (χ0) is 19.6. The molecule has 2 aromatic carbocycles. The van der Waals surface area contributed by atoms with Crippen molar-refractivity contribution in [1.29, 1.82) is 0 Å². The van der Waals surface area contributed by atoms with Crippen molar-refractivity contribution in [2.45, 2.75) is 18.7 Å². The van der Waals surface area contributed by atoms with Gasteiger partial charge in [0.05, 0.1) is 10.6 Å². The van der Waals surface area contributed by atoms with Crippen LogP contribution in [-0.2, 0) is 10.0 Å². The molecule has 0 spiro atoms. The summed E-state index contributed by atoms with van der Waals surface area (Å²) >= 11 is 5.90. The van der Waals surface area contributed by atoms with Gasteiger partial charge in [-0.25, -0.2) is 8.42 Å². The molecule has 0 radical (unpaired) electrons. The summed E-state index contributed by atoms with van der Waals surface area (Å²) in [5.41, 5.74) is 1.29. The summed E-state index contributed by atoms with van der Waals surface area (Å²) in [6, 6.07) is 12.5. The van der Waals surface area contributed by atoms with E-state index in [4.69, 9.17) is 16.1 Å². The highest BCUT2D eigenvalue weighted by atomic mass is 35.5. The molecule has 7 nitrogen and oxygen atoms in total. The lowest BCUT2D eigenvalue weighted by molar-refractivity contribution is 0.101. The lowest BCUT2D eigenvalue weighted by Gasteiger charge is -2.12. The van der Waals surface area contributed by atoms with Crippen LogP contribution in [0.3, 0.4) is 0 Å². The van der Waals surface area contributed by atoms with Crippen LogP contribution in [0.2, 0.25) is 5.02 Å². The van der Waals surface area contributed by atoms with Crippen molar-refractivity contribution in [3.63, 3.8) is 0 Å². The highest BCUT2D eigenvalue weighted by Crippen LogP contribution is 2.24. The number of aryl methyl sites for hydroxylation is 2. The van der Waals surface area contributed by atoms with Crippen LogP contribution in [0.1, 0.15) is 21.8 Å². The predicted octanol–water partition coefficient (Wildman–Crippen LogP) is 4.00. The van der Waals surface area contributed by atoms with E-state index in [0.717, 1.165) is 0 Å². The number of hydrogen-bond acceptors (Lipinski definition) is 5. The second-order valence-corrected chi connectivity index (χ2v) is 7.96. The van der Waals surface area contributed by atoms with Gasteiger partial charge in [-0.15, -0.1) is 0 Å². The van der Waals surface area contributed by atoms with Crippen molar-refractivity contribution in [2.24, 2.45) is 0 Å². The summed E-state index contributed by atoms with van der Waals surface area (Å²) < 4.78 is 32.9. The summed E-state index contributed by atoms with van der Waals surface area (Å²) in [5.74, 6) is -0.0000961. The minimum Gasteiger partial charge on any atom is -0.361 e. The molecule has 3 rings (SSSR count). The Kier molecular flexibility index (Phi) is 5.20. The van der Waals surface area contributed by atoms with Crippen LogP contribution < -0.4 is 10.0 Å². The predicted molar refractivity (Wildman–Crippen MR) is 103 cm³/mol. The van der Waals surface area contributed by atoms with Crippen molar-refractivity contribution in [2.75, 3.05) is 10.0 Å². The maximum Gasteiger partial charge on any atom is 0.277 e. The molecule has 0 aliphatic rings. The number of sulfonamides is 1. The van der Waals surface area contributed by atoms with E-state index >= 15 is 0 Å². The maximum absolute atomic E-state index is 12.8. The van der Waals surface area contributed by atoms with E-state index in [1.54, 1.807) is 44.2 Å². The highest BCUT2D eigenvalue weighted by molar-refractivity contribution is 7.92.